The lowest BCUT2D eigenvalue weighted by Crippen LogP contribution is -2.44. The number of carbonyl (C=O) groups is 1. The van der Waals surface area contributed by atoms with Gasteiger partial charge in [0.15, 0.2) is 0 Å². The maximum atomic E-state index is 12.4. The molecular weight excluding hydrogens is 288 g/mol. The summed E-state index contributed by atoms with van der Waals surface area (Å²) < 4.78 is 2.26. The number of fused-ring (bicyclic) bond motifs is 1. The van der Waals surface area contributed by atoms with Crippen molar-refractivity contribution >= 4 is 22.9 Å². The zero-order valence-corrected chi connectivity index (χ0v) is 13.7. The molecule has 2 aromatic rings. The number of benzene rings is 1. The van der Waals surface area contributed by atoms with Crippen LogP contribution in [0.25, 0.3) is 11.0 Å². The molecule has 1 N–H and O–H groups in total. The number of piperidine rings is 1. The van der Waals surface area contributed by atoms with Gasteiger partial charge in [-0.3, -0.25) is 4.79 Å². The first-order valence-corrected chi connectivity index (χ1v) is 8.77. The van der Waals surface area contributed by atoms with E-state index in [1.54, 1.807) is 0 Å². The van der Waals surface area contributed by atoms with E-state index in [-0.39, 0.29) is 11.8 Å². The summed E-state index contributed by atoms with van der Waals surface area (Å²) in [4.78, 5) is 19.5. The Kier molecular flexibility index (Phi) is 3.71. The number of nitrogens with zero attached hydrogens (tertiary/aromatic N) is 3. The average Bonchev–Trinajstić information content (AvgIpc) is 3.32. The van der Waals surface area contributed by atoms with E-state index < -0.39 is 0 Å². The van der Waals surface area contributed by atoms with Crippen molar-refractivity contribution in [2.24, 2.45) is 5.92 Å². The smallest absolute Gasteiger partial charge is 0.225 e. The van der Waals surface area contributed by atoms with E-state index in [1.165, 1.54) is 5.52 Å². The van der Waals surface area contributed by atoms with Gasteiger partial charge in [0.25, 0.3) is 0 Å². The van der Waals surface area contributed by atoms with Crippen LogP contribution in [0.15, 0.2) is 24.3 Å². The molecule has 1 atom stereocenters. The number of aryl methyl sites for hydroxylation is 1. The normalized spacial score (nSPS) is 21.6. The summed E-state index contributed by atoms with van der Waals surface area (Å²) in [5.74, 6) is 1.34. The molecule has 0 radical (unpaired) electrons. The van der Waals surface area contributed by atoms with Crippen molar-refractivity contribution in [1.82, 2.24) is 14.9 Å². The Morgan fingerprint density at radius 2 is 2.13 bits per heavy atom. The van der Waals surface area contributed by atoms with Gasteiger partial charge in [-0.05, 0) is 44.7 Å². The molecule has 1 saturated heterocycles. The van der Waals surface area contributed by atoms with Gasteiger partial charge in [0.1, 0.15) is 0 Å². The number of hydrogen-bond donors (Lipinski definition) is 1. The number of anilines is 1. The predicted molar refractivity (Wildman–Crippen MR) is 91.5 cm³/mol. The molecule has 1 unspecified atom stereocenters. The van der Waals surface area contributed by atoms with E-state index in [9.17, 15) is 4.79 Å². The second-order valence-electron chi connectivity index (χ2n) is 6.71. The molecule has 2 aliphatic rings. The number of hydrogen-bond acceptors (Lipinski definition) is 3. The Labute approximate surface area is 136 Å². The Hall–Kier alpha value is -2.04. The largest absolute Gasteiger partial charge is 0.353 e. The fourth-order valence-corrected chi connectivity index (χ4v) is 3.54. The van der Waals surface area contributed by atoms with Gasteiger partial charge in [-0.2, -0.15) is 0 Å². The van der Waals surface area contributed by atoms with Crippen molar-refractivity contribution in [3.8, 4) is 0 Å². The maximum Gasteiger partial charge on any atom is 0.225 e. The molecule has 0 bridgehead atoms. The Morgan fingerprint density at radius 3 is 2.91 bits per heavy atom. The summed E-state index contributed by atoms with van der Waals surface area (Å²) in [6.45, 7) is 4.81. The Bertz CT molecular complexity index is 719. The Balaban J connectivity index is 1.58. The molecular formula is C18H24N4O. The summed E-state index contributed by atoms with van der Waals surface area (Å²) in [5.41, 5.74) is 2.21. The number of rotatable bonds is 4. The number of nitrogens with one attached hydrogen (secondary N) is 1. The van der Waals surface area contributed by atoms with Gasteiger partial charge in [-0.25, -0.2) is 4.98 Å². The van der Waals surface area contributed by atoms with Crippen LogP contribution in [0.1, 0.15) is 32.6 Å². The molecule has 1 aromatic heterocycles. The molecule has 0 spiro atoms. The van der Waals surface area contributed by atoms with E-state index >= 15 is 0 Å². The number of carbonyl (C=O) groups excluding carboxylic acids is 1. The van der Waals surface area contributed by atoms with Crippen LogP contribution in [0.4, 0.5) is 5.95 Å². The van der Waals surface area contributed by atoms with Crippen LogP contribution in [0.5, 0.6) is 0 Å². The highest BCUT2D eigenvalue weighted by Gasteiger charge is 2.31. The summed E-state index contributed by atoms with van der Waals surface area (Å²) in [6, 6.07) is 8.71. The molecule has 1 aromatic carbocycles. The minimum Gasteiger partial charge on any atom is -0.353 e. The van der Waals surface area contributed by atoms with Crippen LogP contribution in [0.2, 0.25) is 0 Å². The fraction of sp³-hybridized carbons (Fsp3) is 0.556. The predicted octanol–water partition coefficient (Wildman–Crippen LogP) is 2.55. The second kappa shape index (κ2) is 5.87. The van der Waals surface area contributed by atoms with Crippen molar-refractivity contribution < 1.29 is 4.79 Å². The van der Waals surface area contributed by atoms with E-state index in [4.69, 9.17) is 4.98 Å². The van der Waals surface area contributed by atoms with Gasteiger partial charge >= 0.3 is 0 Å². The molecule has 4 rings (SSSR count). The lowest BCUT2D eigenvalue weighted by molar-refractivity contribution is -0.125. The van der Waals surface area contributed by atoms with Gasteiger partial charge in [-0.1, -0.05) is 12.1 Å². The van der Waals surface area contributed by atoms with Crippen molar-refractivity contribution in [2.45, 2.75) is 45.2 Å². The third-order valence-electron chi connectivity index (χ3n) is 4.95. The van der Waals surface area contributed by atoms with Crippen molar-refractivity contribution in [2.75, 3.05) is 18.0 Å². The zero-order chi connectivity index (χ0) is 15.8. The van der Waals surface area contributed by atoms with E-state index in [2.05, 4.69) is 39.9 Å². The van der Waals surface area contributed by atoms with E-state index in [1.807, 2.05) is 6.07 Å². The molecule has 23 heavy (non-hydrogen) atoms. The van der Waals surface area contributed by atoms with E-state index in [0.717, 1.165) is 56.8 Å². The molecule has 2 heterocycles. The van der Waals surface area contributed by atoms with Crippen LogP contribution in [-0.2, 0) is 11.3 Å². The maximum absolute atomic E-state index is 12.4. The SMILES string of the molecule is CCn1c(N2CCCC(C(=O)NC3CC3)C2)nc2ccccc21. The molecule has 1 saturated carbocycles. The number of para-hydroxylation sites is 2. The van der Waals surface area contributed by atoms with Crippen molar-refractivity contribution in [1.29, 1.82) is 0 Å². The summed E-state index contributed by atoms with van der Waals surface area (Å²) in [7, 11) is 0. The average molecular weight is 312 g/mol. The molecule has 1 amide bonds. The van der Waals surface area contributed by atoms with Crippen LogP contribution in [0, 0.1) is 5.92 Å². The highest BCUT2D eigenvalue weighted by Crippen LogP contribution is 2.28. The van der Waals surface area contributed by atoms with Gasteiger partial charge in [0.2, 0.25) is 11.9 Å². The lowest BCUT2D eigenvalue weighted by atomic mass is 9.97. The first-order valence-electron chi connectivity index (χ1n) is 8.77. The molecule has 1 aliphatic carbocycles. The standard InChI is InChI=1S/C18H24N4O/c1-2-22-16-8-4-3-7-15(16)20-18(22)21-11-5-6-13(12-21)17(23)19-14-9-10-14/h3-4,7-8,13-14H,2,5-6,9-12H2,1H3,(H,19,23). The first-order chi connectivity index (χ1) is 11.3. The summed E-state index contributed by atoms with van der Waals surface area (Å²) in [5, 5.41) is 3.16. The van der Waals surface area contributed by atoms with Crippen molar-refractivity contribution in [3.63, 3.8) is 0 Å². The lowest BCUT2D eigenvalue weighted by Gasteiger charge is -2.33. The molecule has 1 aliphatic heterocycles. The zero-order valence-electron chi connectivity index (χ0n) is 13.7. The number of aromatic nitrogens is 2. The minimum atomic E-state index is 0.0921. The van der Waals surface area contributed by atoms with Crippen molar-refractivity contribution in [3.05, 3.63) is 24.3 Å². The number of amides is 1. The van der Waals surface area contributed by atoms with Gasteiger partial charge in [0.05, 0.1) is 17.0 Å². The molecule has 2 fully saturated rings. The van der Waals surface area contributed by atoms with Crippen LogP contribution in [-0.4, -0.2) is 34.6 Å². The molecule has 5 heteroatoms. The summed E-state index contributed by atoms with van der Waals surface area (Å²) >= 11 is 0. The van der Waals surface area contributed by atoms with E-state index in [0.29, 0.717) is 6.04 Å². The quantitative estimate of drug-likeness (QED) is 0.944. The van der Waals surface area contributed by atoms with Gasteiger partial charge in [-0.15, -0.1) is 0 Å². The first kappa shape index (κ1) is 14.5. The highest BCUT2D eigenvalue weighted by molar-refractivity contribution is 5.81. The minimum absolute atomic E-state index is 0.0921. The monoisotopic (exact) mass is 312 g/mol. The third-order valence-corrected chi connectivity index (χ3v) is 4.95. The topological polar surface area (TPSA) is 50.2 Å². The van der Waals surface area contributed by atoms with Gasteiger partial charge in [0, 0.05) is 25.7 Å². The number of imidazole rings is 1. The third kappa shape index (κ3) is 2.80. The Morgan fingerprint density at radius 1 is 1.30 bits per heavy atom. The van der Waals surface area contributed by atoms with Crippen LogP contribution in [0.3, 0.4) is 0 Å². The van der Waals surface area contributed by atoms with Crippen LogP contribution < -0.4 is 10.2 Å². The fourth-order valence-electron chi connectivity index (χ4n) is 3.54. The molecule has 122 valence electrons. The summed E-state index contributed by atoms with van der Waals surface area (Å²) in [6.07, 6.45) is 4.33. The van der Waals surface area contributed by atoms with Gasteiger partial charge < -0.3 is 14.8 Å². The highest BCUT2D eigenvalue weighted by atomic mass is 16.2. The van der Waals surface area contributed by atoms with Crippen LogP contribution >= 0.6 is 0 Å². The molecule has 5 nitrogen and oxygen atoms in total. The second-order valence-corrected chi connectivity index (χ2v) is 6.71.